The van der Waals surface area contributed by atoms with Gasteiger partial charge in [-0.15, -0.1) is 0 Å². The summed E-state index contributed by atoms with van der Waals surface area (Å²) in [6.45, 7) is 2.36. The molecule has 1 aromatic rings. The SMILES string of the molecule is COCC1CCN(C(=O)c2ccc(Cl)nc2)CC1. The predicted octanol–water partition coefficient (Wildman–Crippen LogP) is 2.23. The zero-order valence-corrected chi connectivity index (χ0v) is 11.2. The number of carbonyl (C=O) groups excluding carboxylic acids is 1. The maximum absolute atomic E-state index is 12.2. The molecule has 1 saturated heterocycles. The Morgan fingerprint density at radius 3 is 2.78 bits per heavy atom. The average molecular weight is 269 g/mol. The third kappa shape index (κ3) is 3.21. The summed E-state index contributed by atoms with van der Waals surface area (Å²) < 4.78 is 5.15. The van der Waals surface area contributed by atoms with E-state index in [-0.39, 0.29) is 5.91 Å². The molecule has 0 aliphatic carbocycles. The maximum Gasteiger partial charge on any atom is 0.255 e. The van der Waals surface area contributed by atoms with Crippen LogP contribution in [0.5, 0.6) is 0 Å². The number of aromatic nitrogens is 1. The number of pyridine rings is 1. The van der Waals surface area contributed by atoms with Gasteiger partial charge in [0.15, 0.2) is 0 Å². The average Bonchev–Trinajstić information content (AvgIpc) is 2.40. The molecule has 0 radical (unpaired) electrons. The Labute approximate surface area is 112 Å². The molecule has 0 N–H and O–H groups in total. The van der Waals surface area contributed by atoms with Crippen LogP contribution >= 0.6 is 11.6 Å². The minimum atomic E-state index is 0.0371. The van der Waals surface area contributed by atoms with E-state index < -0.39 is 0 Å². The van der Waals surface area contributed by atoms with E-state index in [0.717, 1.165) is 32.5 Å². The van der Waals surface area contributed by atoms with E-state index in [9.17, 15) is 4.79 Å². The van der Waals surface area contributed by atoms with E-state index in [1.165, 1.54) is 6.20 Å². The molecule has 4 nitrogen and oxygen atoms in total. The Bertz CT molecular complexity index is 400. The summed E-state index contributed by atoms with van der Waals surface area (Å²) in [6.07, 6.45) is 3.53. The van der Waals surface area contributed by atoms with E-state index in [4.69, 9.17) is 16.3 Å². The number of methoxy groups -OCH3 is 1. The number of rotatable bonds is 3. The van der Waals surface area contributed by atoms with Crippen molar-refractivity contribution in [2.45, 2.75) is 12.8 Å². The molecule has 0 saturated carbocycles. The van der Waals surface area contributed by atoms with Crippen LogP contribution in [0.3, 0.4) is 0 Å². The van der Waals surface area contributed by atoms with Crippen molar-refractivity contribution in [3.8, 4) is 0 Å². The smallest absolute Gasteiger partial charge is 0.255 e. The first-order valence-electron chi connectivity index (χ1n) is 6.10. The van der Waals surface area contributed by atoms with Crippen LogP contribution < -0.4 is 0 Å². The highest BCUT2D eigenvalue weighted by molar-refractivity contribution is 6.29. The first kappa shape index (κ1) is 13.3. The van der Waals surface area contributed by atoms with Gasteiger partial charge in [-0.05, 0) is 30.9 Å². The molecule has 0 atom stereocenters. The first-order chi connectivity index (χ1) is 8.70. The molecule has 2 heterocycles. The second-order valence-electron chi connectivity index (χ2n) is 4.56. The molecular formula is C13H17ClN2O2. The number of hydrogen-bond donors (Lipinski definition) is 0. The van der Waals surface area contributed by atoms with Gasteiger partial charge in [0.1, 0.15) is 5.15 Å². The lowest BCUT2D eigenvalue weighted by Crippen LogP contribution is -2.39. The molecule has 98 valence electrons. The molecule has 1 aromatic heterocycles. The molecule has 18 heavy (non-hydrogen) atoms. The minimum absolute atomic E-state index is 0.0371. The number of piperidine rings is 1. The lowest BCUT2D eigenvalue weighted by Gasteiger charge is -2.31. The fourth-order valence-corrected chi connectivity index (χ4v) is 2.34. The fraction of sp³-hybridized carbons (Fsp3) is 0.538. The van der Waals surface area contributed by atoms with Gasteiger partial charge in [-0.2, -0.15) is 0 Å². The summed E-state index contributed by atoms with van der Waals surface area (Å²) in [5.41, 5.74) is 0.601. The summed E-state index contributed by atoms with van der Waals surface area (Å²) in [6, 6.07) is 3.37. The predicted molar refractivity (Wildman–Crippen MR) is 69.8 cm³/mol. The molecule has 0 bridgehead atoms. The Kier molecular flexibility index (Phi) is 4.55. The first-order valence-corrected chi connectivity index (χ1v) is 6.48. The Morgan fingerprint density at radius 2 is 2.22 bits per heavy atom. The summed E-state index contributed by atoms with van der Waals surface area (Å²) in [5, 5.41) is 0.408. The molecule has 0 aromatic carbocycles. The van der Waals surface area contributed by atoms with E-state index in [0.29, 0.717) is 16.6 Å². The number of ether oxygens (including phenoxy) is 1. The van der Waals surface area contributed by atoms with Crippen LogP contribution in [-0.2, 0) is 4.74 Å². The van der Waals surface area contributed by atoms with Crippen LogP contribution in [0, 0.1) is 5.92 Å². The monoisotopic (exact) mass is 268 g/mol. The number of nitrogens with zero attached hydrogens (tertiary/aromatic N) is 2. The molecule has 0 spiro atoms. The van der Waals surface area contributed by atoms with Crippen LogP contribution in [0.4, 0.5) is 0 Å². The largest absolute Gasteiger partial charge is 0.384 e. The number of halogens is 1. The maximum atomic E-state index is 12.2. The van der Waals surface area contributed by atoms with Gasteiger partial charge in [0.25, 0.3) is 5.91 Å². The summed E-state index contributed by atoms with van der Waals surface area (Å²) in [4.78, 5) is 18.0. The van der Waals surface area contributed by atoms with Gasteiger partial charge in [0, 0.05) is 33.0 Å². The van der Waals surface area contributed by atoms with Crippen LogP contribution in [0.15, 0.2) is 18.3 Å². The Morgan fingerprint density at radius 1 is 1.50 bits per heavy atom. The van der Waals surface area contributed by atoms with E-state index in [1.54, 1.807) is 19.2 Å². The van der Waals surface area contributed by atoms with Crippen molar-refractivity contribution in [1.29, 1.82) is 0 Å². The molecule has 1 amide bonds. The zero-order chi connectivity index (χ0) is 13.0. The third-order valence-electron chi connectivity index (χ3n) is 3.28. The Balaban J connectivity index is 1.93. The number of hydrogen-bond acceptors (Lipinski definition) is 3. The van der Waals surface area contributed by atoms with Gasteiger partial charge in [-0.3, -0.25) is 4.79 Å². The number of amides is 1. The van der Waals surface area contributed by atoms with Crippen molar-refractivity contribution in [2.24, 2.45) is 5.92 Å². The third-order valence-corrected chi connectivity index (χ3v) is 3.50. The molecule has 1 fully saturated rings. The van der Waals surface area contributed by atoms with Crippen molar-refractivity contribution in [3.05, 3.63) is 29.0 Å². The topological polar surface area (TPSA) is 42.4 Å². The Hall–Kier alpha value is -1.13. The summed E-state index contributed by atoms with van der Waals surface area (Å²) >= 11 is 5.71. The van der Waals surface area contributed by atoms with Crippen LogP contribution in [0.1, 0.15) is 23.2 Å². The lowest BCUT2D eigenvalue weighted by molar-refractivity contribution is 0.0613. The highest BCUT2D eigenvalue weighted by Crippen LogP contribution is 2.19. The van der Waals surface area contributed by atoms with Gasteiger partial charge in [0.05, 0.1) is 5.56 Å². The highest BCUT2D eigenvalue weighted by Gasteiger charge is 2.23. The quantitative estimate of drug-likeness (QED) is 0.790. The fourth-order valence-electron chi connectivity index (χ4n) is 2.22. The second-order valence-corrected chi connectivity index (χ2v) is 4.95. The second kappa shape index (κ2) is 6.16. The van der Waals surface area contributed by atoms with Crippen molar-refractivity contribution in [2.75, 3.05) is 26.8 Å². The van der Waals surface area contributed by atoms with Crippen molar-refractivity contribution in [1.82, 2.24) is 9.88 Å². The van der Waals surface area contributed by atoms with Crippen LogP contribution in [0.25, 0.3) is 0 Å². The highest BCUT2D eigenvalue weighted by atomic mass is 35.5. The van der Waals surface area contributed by atoms with E-state index in [2.05, 4.69) is 4.98 Å². The van der Waals surface area contributed by atoms with Gasteiger partial charge < -0.3 is 9.64 Å². The molecule has 5 heteroatoms. The number of carbonyl (C=O) groups is 1. The molecular weight excluding hydrogens is 252 g/mol. The molecule has 2 rings (SSSR count). The van der Waals surface area contributed by atoms with Gasteiger partial charge in [-0.1, -0.05) is 11.6 Å². The van der Waals surface area contributed by atoms with Crippen molar-refractivity contribution < 1.29 is 9.53 Å². The zero-order valence-electron chi connectivity index (χ0n) is 10.4. The van der Waals surface area contributed by atoms with Crippen LogP contribution in [-0.4, -0.2) is 42.6 Å². The molecule has 1 aliphatic heterocycles. The molecule has 1 aliphatic rings. The van der Waals surface area contributed by atoms with Gasteiger partial charge in [-0.25, -0.2) is 4.98 Å². The van der Waals surface area contributed by atoms with Crippen molar-refractivity contribution in [3.63, 3.8) is 0 Å². The van der Waals surface area contributed by atoms with Gasteiger partial charge >= 0.3 is 0 Å². The minimum Gasteiger partial charge on any atom is -0.384 e. The van der Waals surface area contributed by atoms with E-state index >= 15 is 0 Å². The summed E-state index contributed by atoms with van der Waals surface area (Å²) in [7, 11) is 1.72. The summed E-state index contributed by atoms with van der Waals surface area (Å²) in [5.74, 6) is 0.609. The lowest BCUT2D eigenvalue weighted by atomic mass is 9.97. The molecule has 0 unspecified atom stereocenters. The normalized spacial score (nSPS) is 16.9. The number of likely N-dealkylation sites (tertiary alicyclic amines) is 1. The van der Waals surface area contributed by atoms with Crippen molar-refractivity contribution >= 4 is 17.5 Å². The van der Waals surface area contributed by atoms with E-state index in [1.807, 2.05) is 4.90 Å². The standard InChI is InChI=1S/C13H17ClN2O2/c1-18-9-10-4-6-16(7-5-10)13(17)11-2-3-12(14)15-8-11/h2-3,8,10H,4-7,9H2,1H3. The van der Waals surface area contributed by atoms with Gasteiger partial charge in [0.2, 0.25) is 0 Å². The van der Waals surface area contributed by atoms with Crippen LogP contribution in [0.2, 0.25) is 5.15 Å².